The van der Waals surface area contributed by atoms with Crippen LogP contribution in [0, 0.1) is 0 Å². The van der Waals surface area contributed by atoms with Gasteiger partial charge in [-0.05, 0) is 58.9 Å². The van der Waals surface area contributed by atoms with Gasteiger partial charge >= 0.3 is 7.82 Å². The van der Waals surface area contributed by atoms with Gasteiger partial charge < -0.3 is 29.1 Å². The second-order valence-electron chi connectivity index (χ2n) is 7.03. The van der Waals surface area contributed by atoms with Crippen LogP contribution in [0.5, 0.6) is 0 Å². The molecular weight excluding hydrogens is 335 g/mol. The third-order valence-corrected chi connectivity index (χ3v) is 0. The first-order valence-electron chi connectivity index (χ1n) is 5.95. The predicted molar refractivity (Wildman–Crippen MR) is 91.0 cm³/mol. The van der Waals surface area contributed by atoms with E-state index in [0.717, 1.165) is 0 Å². The zero-order valence-corrected chi connectivity index (χ0v) is 17.9. The van der Waals surface area contributed by atoms with Crippen LogP contribution in [0.15, 0.2) is 0 Å². The number of hydrogen-bond donors (Lipinski definition) is 6. The average molecular weight is 369 g/mol. The lowest BCUT2D eigenvalue weighted by atomic mass is 11.8. The molecule has 0 heterocycles. The van der Waals surface area contributed by atoms with E-state index >= 15 is 0 Å². The van der Waals surface area contributed by atoms with Crippen molar-refractivity contribution >= 4 is 32.8 Å². The molecular formula is C9H33O7PSi3. The van der Waals surface area contributed by atoms with Gasteiger partial charge in [0.1, 0.15) is 0 Å². The highest BCUT2D eigenvalue weighted by atomic mass is 31.2. The summed E-state index contributed by atoms with van der Waals surface area (Å²) < 4.78 is 8.88. The number of hydrogen-bond acceptors (Lipinski definition) is 4. The molecule has 0 unspecified atom stereocenters. The summed E-state index contributed by atoms with van der Waals surface area (Å²) in [5, 5.41) is 0. The lowest BCUT2D eigenvalue weighted by molar-refractivity contribution is 0.275. The molecule has 0 saturated heterocycles. The molecule has 20 heavy (non-hydrogen) atoms. The van der Waals surface area contributed by atoms with Crippen molar-refractivity contribution in [2.75, 3.05) is 0 Å². The van der Waals surface area contributed by atoms with Crippen molar-refractivity contribution in [3.8, 4) is 0 Å². The zero-order chi connectivity index (χ0) is 18.0. The Bertz CT molecular complexity index is 207. The van der Waals surface area contributed by atoms with Gasteiger partial charge in [0.05, 0.1) is 0 Å². The lowest BCUT2D eigenvalue weighted by Gasteiger charge is -2.00. The monoisotopic (exact) mass is 368 g/mol. The highest BCUT2D eigenvalue weighted by Crippen LogP contribution is 2.25. The van der Waals surface area contributed by atoms with Gasteiger partial charge in [-0.15, -0.1) is 0 Å². The maximum absolute atomic E-state index is 8.88. The molecule has 0 aromatic rings. The summed E-state index contributed by atoms with van der Waals surface area (Å²) in [5.74, 6) is 0. The summed E-state index contributed by atoms with van der Waals surface area (Å²) in [7, 11) is -9.47. The molecule has 0 fully saturated rings. The summed E-state index contributed by atoms with van der Waals surface area (Å²) in [6, 6.07) is 0. The van der Waals surface area contributed by atoms with Crippen LogP contribution < -0.4 is 0 Å². The fourth-order valence-corrected chi connectivity index (χ4v) is 0. The van der Waals surface area contributed by atoms with Gasteiger partial charge in [-0.2, -0.15) is 0 Å². The van der Waals surface area contributed by atoms with Crippen LogP contribution in [0.1, 0.15) is 0 Å². The highest BCUT2D eigenvalue weighted by molar-refractivity contribution is 7.45. The maximum Gasteiger partial charge on any atom is 0.466 e. The molecule has 0 saturated carbocycles. The molecule has 0 aliphatic heterocycles. The SMILES string of the molecule is C[Si](C)(C)O.C[Si](C)(C)O.C[Si](C)(C)O.O=P(O)(O)O. The Morgan fingerprint density at radius 3 is 0.550 bits per heavy atom. The van der Waals surface area contributed by atoms with E-state index in [1.165, 1.54) is 0 Å². The molecule has 0 aliphatic carbocycles. The zero-order valence-electron chi connectivity index (χ0n) is 14.0. The fraction of sp³-hybridized carbons (Fsp3) is 1.00. The molecule has 0 aromatic heterocycles. The summed E-state index contributed by atoms with van der Waals surface area (Å²) in [4.78, 5) is 47.5. The third kappa shape index (κ3) is 14100. The van der Waals surface area contributed by atoms with Crippen molar-refractivity contribution in [2.24, 2.45) is 0 Å². The van der Waals surface area contributed by atoms with Crippen molar-refractivity contribution < 1.29 is 33.6 Å². The fourth-order valence-electron chi connectivity index (χ4n) is 0. The van der Waals surface area contributed by atoms with Crippen LogP contribution in [0.3, 0.4) is 0 Å². The molecule has 0 amide bonds. The van der Waals surface area contributed by atoms with Crippen molar-refractivity contribution in [1.29, 1.82) is 0 Å². The van der Waals surface area contributed by atoms with E-state index in [1.807, 2.05) is 58.9 Å². The van der Waals surface area contributed by atoms with E-state index in [4.69, 9.17) is 33.6 Å². The minimum atomic E-state index is -4.64. The molecule has 0 spiro atoms. The van der Waals surface area contributed by atoms with Gasteiger partial charge in [-0.1, -0.05) is 0 Å². The first-order chi connectivity index (χ1) is 8.00. The molecule has 0 aliphatic rings. The normalized spacial score (nSPS) is 11.9. The van der Waals surface area contributed by atoms with Crippen molar-refractivity contribution in [3.05, 3.63) is 0 Å². The molecule has 7 nitrogen and oxygen atoms in total. The van der Waals surface area contributed by atoms with E-state index in [1.54, 1.807) is 0 Å². The lowest BCUT2D eigenvalue weighted by Crippen LogP contribution is -2.17. The Balaban J connectivity index is -0.0000000853. The highest BCUT2D eigenvalue weighted by Gasteiger charge is 2.04. The summed E-state index contributed by atoms with van der Waals surface area (Å²) in [6.45, 7) is 16.9. The average Bonchev–Trinajstić information content (AvgIpc) is 1.62. The molecule has 128 valence electrons. The Hall–Kier alpha value is 0.641. The van der Waals surface area contributed by atoms with Crippen molar-refractivity contribution in [2.45, 2.75) is 58.9 Å². The molecule has 6 N–H and O–H groups in total. The van der Waals surface area contributed by atoms with Crippen molar-refractivity contribution in [3.63, 3.8) is 0 Å². The van der Waals surface area contributed by atoms with E-state index < -0.39 is 32.8 Å². The minimum Gasteiger partial charge on any atom is -0.433 e. The van der Waals surface area contributed by atoms with E-state index in [9.17, 15) is 0 Å². The van der Waals surface area contributed by atoms with Crippen LogP contribution in [0.2, 0.25) is 58.9 Å². The number of phosphoric acid groups is 1. The first kappa shape index (κ1) is 28.8. The Morgan fingerprint density at radius 2 is 0.550 bits per heavy atom. The smallest absolute Gasteiger partial charge is 0.433 e. The predicted octanol–water partition coefficient (Wildman–Crippen LogP) is 1.51. The molecule has 0 aromatic carbocycles. The summed E-state index contributed by atoms with van der Waals surface area (Å²) >= 11 is 0. The van der Waals surface area contributed by atoms with Crippen molar-refractivity contribution in [1.82, 2.24) is 0 Å². The van der Waals surface area contributed by atoms with Crippen LogP contribution in [0.25, 0.3) is 0 Å². The van der Waals surface area contributed by atoms with Crippen LogP contribution in [0.4, 0.5) is 0 Å². The van der Waals surface area contributed by atoms with Gasteiger partial charge in [0, 0.05) is 0 Å². The summed E-state index contributed by atoms with van der Waals surface area (Å²) in [6.07, 6.45) is 0. The van der Waals surface area contributed by atoms with Gasteiger partial charge in [0.2, 0.25) is 0 Å². The third-order valence-electron chi connectivity index (χ3n) is 0. The summed E-state index contributed by atoms with van der Waals surface area (Å²) in [5.41, 5.74) is 0. The van der Waals surface area contributed by atoms with Gasteiger partial charge in [0.15, 0.2) is 25.0 Å². The van der Waals surface area contributed by atoms with E-state index in [0.29, 0.717) is 0 Å². The molecule has 11 heteroatoms. The van der Waals surface area contributed by atoms with Crippen LogP contribution >= 0.6 is 7.82 Å². The Kier molecular flexibility index (Phi) is 16.2. The first-order valence-corrected chi connectivity index (χ1v) is 17.9. The topological polar surface area (TPSA) is 138 Å². The minimum absolute atomic E-state index is 1.61. The van der Waals surface area contributed by atoms with Crippen LogP contribution in [-0.2, 0) is 4.57 Å². The largest absolute Gasteiger partial charge is 0.466 e. The maximum atomic E-state index is 8.88. The molecule has 0 radical (unpaired) electrons. The standard InChI is InChI=1S/3C3H10OSi.H3O4P/c4*1-5(2,3)4/h3*4H,1-3H3;(H3,1,2,3,4). The molecule has 0 atom stereocenters. The Labute approximate surface area is 126 Å². The van der Waals surface area contributed by atoms with E-state index in [2.05, 4.69) is 0 Å². The number of rotatable bonds is 0. The van der Waals surface area contributed by atoms with Gasteiger partial charge in [-0.25, -0.2) is 4.57 Å². The molecule has 0 rings (SSSR count). The van der Waals surface area contributed by atoms with E-state index in [-0.39, 0.29) is 0 Å². The quantitative estimate of drug-likeness (QED) is 0.281. The molecule has 0 bridgehead atoms. The Morgan fingerprint density at radius 1 is 0.550 bits per heavy atom. The van der Waals surface area contributed by atoms with Gasteiger partial charge in [-0.3, -0.25) is 0 Å². The second-order valence-corrected chi connectivity index (χ2v) is 21.1. The second kappa shape index (κ2) is 11.2. The van der Waals surface area contributed by atoms with Gasteiger partial charge in [0.25, 0.3) is 0 Å². The van der Waals surface area contributed by atoms with Crippen LogP contribution in [-0.4, -0.2) is 54.0 Å².